The second-order valence-electron chi connectivity index (χ2n) is 5.28. The average molecular weight is 365 g/mol. The van der Waals surface area contributed by atoms with Crippen molar-refractivity contribution in [1.82, 2.24) is 10.3 Å². The molecule has 0 atom stereocenters. The summed E-state index contributed by atoms with van der Waals surface area (Å²) in [4.78, 5) is 16.3. The number of halogens is 1. The Kier molecular flexibility index (Phi) is 4.77. The summed E-state index contributed by atoms with van der Waals surface area (Å²) in [7, 11) is 0. The number of amides is 1. The van der Waals surface area contributed by atoms with Crippen LogP contribution in [0.25, 0.3) is 0 Å². The van der Waals surface area contributed by atoms with Crippen molar-refractivity contribution < 1.29 is 13.9 Å². The van der Waals surface area contributed by atoms with Gasteiger partial charge in [-0.25, -0.2) is 4.98 Å². The van der Waals surface area contributed by atoms with E-state index in [-0.39, 0.29) is 17.8 Å². The van der Waals surface area contributed by atoms with Gasteiger partial charge in [-0.3, -0.25) is 4.79 Å². The molecule has 1 N–H and O–H groups in total. The second kappa shape index (κ2) is 6.96. The lowest BCUT2D eigenvalue weighted by molar-refractivity contribution is 0.0921. The van der Waals surface area contributed by atoms with Crippen LogP contribution < -0.4 is 10.1 Å². The first-order valence-corrected chi connectivity index (χ1v) is 8.16. The van der Waals surface area contributed by atoms with Crippen LogP contribution in [0.1, 0.15) is 41.8 Å². The van der Waals surface area contributed by atoms with Crippen LogP contribution in [0.3, 0.4) is 0 Å². The molecule has 1 amide bonds. The molecule has 1 aliphatic carbocycles. The molecule has 1 aliphatic rings. The smallest absolute Gasteiger partial charge is 0.287 e. The summed E-state index contributed by atoms with van der Waals surface area (Å²) in [5.41, 5.74) is 0.869. The fourth-order valence-corrected chi connectivity index (χ4v) is 2.83. The fraction of sp³-hybridized carbons (Fsp3) is 0.375. The molecule has 22 heavy (non-hydrogen) atoms. The molecule has 116 valence electrons. The van der Waals surface area contributed by atoms with Crippen molar-refractivity contribution >= 4 is 21.8 Å². The Bertz CT molecular complexity index is 650. The zero-order valence-electron chi connectivity index (χ0n) is 12.0. The predicted octanol–water partition coefficient (Wildman–Crippen LogP) is 3.69. The maximum absolute atomic E-state index is 12.0. The largest absolute Gasteiger partial charge is 0.474 e. The molecule has 1 fully saturated rings. The summed E-state index contributed by atoms with van der Waals surface area (Å²) < 4.78 is 11.7. The average Bonchev–Trinajstić information content (AvgIpc) is 3.18. The number of carbonyl (C=O) groups is 1. The molecule has 1 saturated carbocycles. The van der Waals surface area contributed by atoms with Gasteiger partial charge < -0.3 is 14.5 Å². The molecule has 3 rings (SSSR count). The van der Waals surface area contributed by atoms with Gasteiger partial charge in [0.2, 0.25) is 5.88 Å². The van der Waals surface area contributed by atoms with Gasteiger partial charge in [-0.2, -0.15) is 0 Å². The normalized spacial score (nSPS) is 15.0. The summed E-state index contributed by atoms with van der Waals surface area (Å²) in [6, 6.07) is 7.06. The number of hydrogen-bond acceptors (Lipinski definition) is 4. The molecule has 0 bridgehead atoms. The summed E-state index contributed by atoms with van der Waals surface area (Å²) in [5.74, 6) is 0.616. The van der Waals surface area contributed by atoms with E-state index in [1.54, 1.807) is 18.3 Å². The van der Waals surface area contributed by atoms with E-state index in [1.165, 1.54) is 12.8 Å². The highest BCUT2D eigenvalue weighted by Gasteiger charge is 2.19. The first-order valence-electron chi connectivity index (χ1n) is 7.36. The minimum atomic E-state index is -0.263. The molecule has 2 aromatic rings. The molecule has 0 aromatic carbocycles. The Labute approximate surface area is 137 Å². The Hall–Kier alpha value is -1.82. The maximum atomic E-state index is 12.0. The monoisotopic (exact) mass is 364 g/mol. The second-order valence-corrected chi connectivity index (χ2v) is 6.06. The van der Waals surface area contributed by atoms with Gasteiger partial charge in [0.05, 0.1) is 0 Å². The maximum Gasteiger partial charge on any atom is 0.287 e. The lowest BCUT2D eigenvalue weighted by Gasteiger charge is -2.15. The number of carbonyl (C=O) groups excluding carboxylic acids is 1. The van der Waals surface area contributed by atoms with Crippen LogP contribution in [0.2, 0.25) is 0 Å². The number of ether oxygens (including phenoxy) is 1. The van der Waals surface area contributed by atoms with E-state index in [0.717, 1.165) is 18.4 Å². The van der Waals surface area contributed by atoms with Crippen LogP contribution in [0.15, 0.2) is 39.5 Å². The fourth-order valence-electron chi connectivity index (χ4n) is 2.53. The lowest BCUT2D eigenvalue weighted by atomic mass is 10.2. The van der Waals surface area contributed by atoms with E-state index >= 15 is 0 Å². The number of nitrogens with zero attached hydrogens (tertiary/aromatic N) is 1. The highest BCUT2D eigenvalue weighted by atomic mass is 79.9. The summed E-state index contributed by atoms with van der Waals surface area (Å²) in [6.07, 6.45) is 6.50. The number of hydrogen-bond donors (Lipinski definition) is 1. The number of aromatic nitrogens is 1. The van der Waals surface area contributed by atoms with Gasteiger partial charge in [0, 0.05) is 18.3 Å². The molecular formula is C16H17BrN2O3. The van der Waals surface area contributed by atoms with E-state index in [4.69, 9.17) is 9.15 Å². The van der Waals surface area contributed by atoms with Crippen LogP contribution in [-0.2, 0) is 6.54 Å². The van der Waals surface area contributed by atoms with Gasteiger partial charge >= 0.3 is 0 Å². The van der Waals surface area contributed by atoms with E-state index in [2.05, 4.69) is 26.2 Å². The molecule has 0 radical (unpaired) electrons. The Morgan fingerprint density at radius 1 is 1.36 bits per heavy atom. The molecule has 6 heteroatoms. The van der Waals surface area contributed by atoms with Crippen LogP contribution in [0.4, 0.5) is 0 Å². The van der Waals surface area contributed by atoms with E-state index in [9.17, 15) is 4.79 Å². The van der Waals surface area contributed by atoms with Crippen LogP contribution >= 0.6 is 15.9 Å². The quantitative estimate of drug-likeness (QED) is 0.878. The van der Waals surface area contributed by atoms with Gasteiger partial charge in [0.15, 0.2) is 10.4 Å². The topological polar surface area (TPSA) is 64.4 Å². The number of rotatable bonds is 5. The number of nitrogens with one attached hydrogen (secondary N) is 1. The Morgan fingerprint density at radius 3 is 2.91 bits per heavy atom. The number of pyridine rings is 1. The van der Waals surface area contributed by atoms with Gasteiger partial charge in [-0.1, -0.05) is 6.07 Å². The SMILES string of the molecule is O=C(NCc1cccnc1OC1CCCC1)c1ccc(Br)o1. The molecule has 5 nitrogen and oxygen atoms in total. The summed E-state index contributed by atoms with van der Waals surface area (Å²) >= 11 is 3.18. The highest BCUT2D eigenvalue weighted by Crippen LogP contribution is 2.25. The number of furan rings is 1. The third-order valence-electron chi connectivity index (χ3n) is 3.67. The molecule has 0 saturated heterocycles. The van der Waals surface area contributed by atoms with Crippen molar-refractivity contribution in [2.75, 3.05) is 0 Å². The van der Waals surface area contributed by atoms with Crippen molar-refractivity contribution in [3.8, 4) is 5.88 Å². The van der Waals surface area contributed by atoms with Crippen molar-refractivity contribution in [3.05, 3.63) is 46.5 Å². The van der Waals surface area contributed by atoms with Crippen LogP contribution in [0, 0.1) is 0 Å². The van der Waals surface area contributed by atoms with Gasteiger partial charge in [-0.15, -0.1) is 0 Å². The molecule has 2 aromatic heterocycles. The minimum absolute atomic E-state index is 0.241. The lowest BCUT2D eigenvalue weighted by Crippen LogP contribution is -2.23. The van der Waals surface area contributed by atoms with Gasteiger partial charge in [0.25, 0.3) is 5.91 Å². The summed E-state index contributed by atoms with van der Waals surface area (Å²) in [6.45, 7) is 0.354. The van der Waals surface area contributed by atoms with Crippen molar-refractivity contribution in [3.63, 3.8) is 0 Å². The van der Waals surface area contributed by atoms with E-state index in [0.29, 0.717) is 17.1 Å². The zero-order valence-corrected chi connectivity index (χ0v) is 13.6. The molecule has 0 spiro atoms. The first kappa shape index (κ1) is 15.1. The Morgan fingerprint density at radius 2 is 2.18 bits per heavy atom. The highest BCUT2D eigenvalue weighted by molar-refractivity contribution is 9.10. The third kappa shape index (κ3) is 3.68. The minimum Gasteiger partial charge on any atom is -0.474 e. The third-order valence-corrected chi connectivity index (χ3v) is 4.09. The van der Waals surface area contributed by atoms with Gasteiger partial charge in [-0.05, 0) is 59.8 Å². The molecular weight excluding hydrogens is 348 g/mol. The molecule has 0 unspecified atom stereocenters. The van der Waals surface area contributed by atoms with Crippen LogP contribution in [0.5, 0.6) is 5.88 Å². The van der Waals surface area contributed by atoms with E-state index in [1.807, 2.05) is 12.1 Å². The van der Waals surface area contributed by atoms with Crippen LogP contribution in [-0.4, -0.2) is 17.0 Å². The van der Waals surface area contributed by atoms with E-state index < -0.39 is 0 Å². The Balaban J connectivity index is 1.63. The molecule has 2 heterocycles. The van der Waals surface area contributed by atoms with Crippen molar-refractivity contribution in [2.24, 2.45) is 0 Å². The standard InChI is InChI=1S/C16H17BrN2O3/c17-14-8-7-13(22-14)15(20)19-10-11-4-3-9-18-16(11)21-12-5-1-2-6-12/h3-4,7-9,12H,1-2,5-6,10H2,(H,19,20). The first-order chi connectivity index (χ1) is 10.7. The summed E-state index contributed by atoms with van der Waals surface area (Å²) in [5, 5.41) is 2.82. The molecule has 0 aliphatic heterocycles. The van der Waals surface area contributed by atoms with Gasteiger partial charge in [0.1, 0.15) is 6.10 Å². The van der Waals surface area contributed by atoms with Crippen molar-refractivity contribution in [1.29, 1.82) is 0 Å². The van der Waals surface area contributed by atoms with Crippen molar-refractivity contribution in [2.45, 2.75) is 38.3 Å². The zero-order chi connectivity index (χ0) is 15.4. The predicted molar refractivity (Wildman–Crippen MR) is 84.7 cm³/mol.